The van der Waals surface area contributed by atoms with Gasteiger partial charge in [-0.3, -0.25) is 0 Å². The van der Waals surface area contributed by atoms with Crippen molar-refractivity contribution in [2.45, 2.75) is 12.3 Å². The van der Waals surface area contributed by atoms with E-state index in [1.807, 2.05) is 72.8 Å². The molecule has 0 radical (unpaired) electrons. The first-order valence-corrected chi connectivity index (χ1v) is 9.67. The maximum Gasteiger partial charge on any atom is 0.216 e. The fraction of sp³-hybridized carbons (Fsp3) is 0.100. The molecule has 1 aliphatic rings. The van der Waals surface area contributed by atoms with Gasteiger partial charge in [0.25, 0.3) is 0 Å². The zero-order valence-corrected chi connectivity index (χ0v) is 14.3. The first-order valence-electron chi connectivity index (χ1n) is 8.02. The normalized spacial score (nSPS) is 15.4. The van der Waals surface area contributed by atoms with E-state index in [9.17, 15) is 8.42 Å². The Bertz CT molecular complexity index is 997. The zero-order valence-electron chi connectivity index (χ0n) is 13.5. The number of fused-ring (bicyclic) bond motifs is 1. The molecule has 1 heterocycles. The lowest BCUT2D eigenvalue weighted by Gasteiger charge is -2.20. The van der Waals surface area contributed by atoms with Crippen LogP contribution in [0.25, 0.3) is 11.1 Å². The second-order valence-electron chi connectivity index (χ2n) is 5.96. The standard InChI is InChI=1S/C20H17NO3S/c22-25(23)14-20-16(13-21-25)5-4-8-19(20)15-9-11-18(12-10-15)24-17-6-2-1-3-7-17/h1-12,21H,13-14H2. The summed E-state index contributed by atoms with van der Waals surface area (Å²) in [5.41, 5.74) is 3.83. The van der Waals surface area contributed by atoms with Crippen LogP contribution in [-0.2, 0) is 22.3 Å². The van der Waals surface area contributed by atoms with Crippen molar-refractivity contribution in [2.75, 3.05) is 0 Å². The van der Waals surface area contributed by atoms with Crippen molar-refractivity contribution in [1.29, 1.82) is 0 Å². The van der Waals surface area contributed by atoms with Crippen molar-refractivity contribution in [3.63, 3.8) is 0 Å². The van der Waals surface area contributed by atoms with Gasteiger partial charge >= 0.3 is 0 Å². The van der Waals surface area contributed by atoms with Crippen LogP contribution in [0.1, 0.15) is 11.1 Å². The van der Waals surface area contributed by atoms with Gasteiger partial charge in [-0.25, -0.2) is 13.1 Å². The molecule has 3 aromatic carbocycles. The van der Waals surface area contributed by atoms with Crippen molar-refractivity contribution >= 4 is 10.0 Å². The number of sulfonamides is 1. The zero-order chi connectivity index (χ0) is 17.3. The van der Waals surface area contributed by atoms with Crippen LogP contribution < -0.4 is 9.46 Å². The van der Waals surface area contributed by atoms with E-state index in [4.69, 9.17) is 4.74 Å². The smallest absolute Gasteiger partial charge is 0.216 e. The van der Waals surface area contributed by atoms with E-state index >= 15 is 0 Å². The Balaban J connectivity index is 1.65. The van der Waals surface area contributed by atoms with Gasteiger partial charge in [-0.2, -0.15) is 0 Å². The molecule has 25 heavy (non-hydrogen) atoms. The van der Waals surface area contributed by atoms with Crippen molar-refractivity contribution in [1.82, 2.24) is 4.72 Å². The van der Waals surface area contributed by atoms with Gasteiger partial charge in [0.2, 0.25) is 10.0 Å². The van der Waals surface area contributed by atoms with Gasteiger partial charge in [0, 0.05) is 6.54 Å². The number of benzene rings is 3. The molecule has 0 saturated carbocycles. The highest BCUT2D eigenvalue weighted by Gasteiger charge is 2.23. The van der Waals surface area contributed by atoms with Crippen molar-refractivity contribution in [2.24, 2.45) is 0 Å². The fourth-order valence-corrected chi connectivity index (χ4v) is 4.20. The molecule has 0 aromatic heterocycles. The molecule has 0 atom stereocenters. The van der Waals surface area contributed by atoms with Gasteiger partial charge in [-0.15, -0.1) is 0 Å². The van der Waals surface area contributed by atoms with Gasteiger partial charge in [0.15, 0.2) is 0 Å². The molecular formula is C20H17NO3S. The van der Waals surface area contributed by atoms with Gasteiger partial charge < -0.3 is 4.74 Å². The van der Waals surface area contributed by atoms with Gasteiger partial charge in [0.05, 0.1) is 5.75 Å². The lowest BCUT2D eigenvalue weighted by molar-refractivity contribution is 0.483. The molecule has 0 amide bonds. The Hall–Kier alpha value is -2.63. The summed E-state index contributed by atoms with van der Waals surface area (Å²) in [4.78, 5) is 0. The molecule has 4 nitrogen and oxygen atoms in total. The third-order valence-corrected chi connectivity index (χ3v) is 5.49. The van der Waals surface area contributed by atoms with Gasteiger partial charge in [-0.05, 0) is 46.5 Å². The van der Waals surface area contributed by atoms with Crippen LogP contribution >= 0.6 is 0 Å². The average molecular weight is 351 g/mol. The largest absolute Gasteiger partial charge is 0.457 e. The maximum atomic E-state index is 11.9. The van der Waals surface area contributed by atoms with Crippen molar-refractivity contribution in [3.05, 3.63) is 83.9 Å². The Kier molecular flexibility index (Phi) is 4.03. The van der Waals surface area contributed by atoms with E-state index < -0.39 is 10.0 Å². The minimum Gasteiger partial charge on any atom is -0.457 e. The minimum atomic E-state index is -3.25. The summed E-state index contributed by atoms with van der Waals surface area (Å²) in [5.74, 6) is 1.54. The number of hydrogen-bond acceptors (Lipinski definition) is 3. The number of ether oxygens (including phenoxy) is 1. The second kappa shape index (κ2) is 6.35. The lowest BCUT2D eigenvalue weighted by atomic mass is 9.96. The Morgan fingerprint density at radius 3 is 2.28 bits per heavy atom. The Labute approximate surface area is 147 Å². The highest BCUT2D eigenvalue weighted by atomic mass is 32.2. The SMILES string of the molecule is O=S1(=O)Cc2c(cccc2-c2ccc(Oc3ccccc3)cc2)CN1. The van der Waals surface area contributed by atoms with Crippen LogP contribution in [0, 0.1) is 0 Å². The molecule has 1 N–H and O–H groups in total. The summed E-state index contributed by atoms with van der Waals surface area (Å²) in [7, 11) is -3.25. The van der Waals surface area contributed by atoms with Crippen LogP contribution in [0.5, 0.6) is 11.5 Å². The third kappa shape index (κ3) is 3.43. The van der Waals surface area contributed by atoms with E-state index in [1.165, 1.54) is 0 Å². The first kappa shape index (κ1) is 15.9. The third-order valence-electron chi connectivity index (χ3n) is 4.23. The van der Waals surface area contributed by atoms with Crippen molar-refractivity contribution < 1.29 is 13.2 Å². The minimum absolute atomic E-state index is 0.0147. The number of para-hydroxylation sites is 1. The van der Waals surface area contributed by atoms with Crippen LogP contribution in [0.3, 0.4) is 0 Å². The maximum absolute atomic E-state index is 11.9. The van der Waals surface area contributed by atoms with Crippen LogP contribution in [0.4, 0.5) is 0 Å². The summed E-state index contributed by atoms with van der Waals surface area (Å²) in [6.45, 7) is 0.348. The monoisotopic (exact) mass is 351 g/mol. The Morgan fingerprint density at radius 1 is 0.800 bits per heavy atom. The summed E-state index contributed by atoms with van der Waals surface area (Å²) < 4.78 is 32.2. The van der Waals surface area contributed by atoms with E-state index in [0.29, 0.717) is 6.54 Å². The van der Waals surface area contributed by atoms with E-state index in [2.05, 4.69) is 4.72 Å². The van der Waals surface area contributed by atoms with Crippen LogP contribution in [0.2, 0.25) is 0 Å². The van der Waals surface area contributed by atoms with E-state index in [0.717, 1.165) is 33.8 Å². The predicted molar refractivity (Wildman–Crippen MR) is 97.9 cm³/mol. The highest BCUT2D eigenvalue weighted by molar-refractivity contribution is 7.88. The molecule has 0 unspecified atom stereocenters. The topological polar surface area (TPSA) is 55.4 Å². The molecule has 126 valence electrons. The Morgan fingerprint density at radius 2 is 1.52 bits per heavy atom. The lowest BCUT2D eigenvalue weighted by Crippen LogP contribution is -2.30. The summed E-state index contributed by atoms with van der Waals surface area (Å²) >= 11 is 0. The van der Waals surface area contributed by atoms with E-state index in [1.54, 1.807) is 0 Å². The van der Waals surface area contributed by atoms with Gasteiger partial charge in [-0.1, -0.05) is 48.5 Å². The molecule has 0 saturated heterocycles. The quantitative estimate of drug-likeness (QED) is 0.774. The first-order chi connectivity index (χ1) is 12.1. The summed E-state index contributed by atoms with van der Waals surface area (Å²) in [6, 6.07) is 23.2. The van der Waals surface area contributed by atoms with Gasteiger partial charge in [0.1, 0.15) is 11.5 Å². The molecule has 0 fully saturated rings. The average Bonchev–Trinajstić information content (AvgIpc) is 2.62. The van der Waals surface area contributed by atoms with Crippen LogP contribution in [0.15, 0.2) is 72.8 Å². The molecule has 5 heteroatoms. The fourth-order valence-electron chi connectivity index (χ4n) is 3.00. The molecule has 0 spiro atoms. The summed E-state index contributed by atoms with van der Waals surface area (Å²) in [6.07, 6.45) is 0. The second-order valence-corrected chi connectivity index (χ2v) is 7.77. The summed E-state index contributed by atoms with van der Waals surface area (Å²) in [5, 5.41) is 0. The number of hydrogen-bond donors (Lipinski definition) is 1. The molecule has 4 rings (SSSR count). The molecule has 3 aromatic rings. The highest BCUT2D eigenvalue weighted by Crippen LogP contribution is 2.32. The van der Waals surface area contributed by atoms with Crippen LogP contribution in [-0.4, -0.2) is 8.42 Å². The number of nitrogens with one attached hydrogen (secondary N) is 1. The molecule has 1 aliphatic heterocycles. The van der Waals surface area contributed by atoms with Crippen molar-refractivity contribution in [3.8, 4) is 22.6 Å². The predicted octanol–water partition coefficient (Wildman–Crippen LogP) is 4.08. The number of rotatable bonds is 3. The molecule has 0 bridgehead atoms. The van der Waals surface area contributed by atoms with E-state index in [-0.39, 0.29) is 5.75 Å². The molecular weight excluding hydrogens is 334 g/mol. The molecule has 0 aliphatic carbocycles.